The highest BCUT2D eigenvalue weighted by molar-refractivity contribution is 7.92. The predicted octanol–water partition coefficient (Wildman–Crippen LogP) is 2.17. The van der Waals surface area contributed by atoms with Crippen molar-refractivity contribution in [2.24, 2.45) is 0 Å². The highest BCUT2D eigenvalue weighted by Crippen LogP contribution is 2.36. The maximum absolute atomic E-state index is 13.0. The van der Waals surface area contributed by atoms with Gasteiger partial charge in [0, 0.05) is 6.07 Å². The molecule has 0 bridgehead atoms. The third kappa shape index (κ3) is 3.53. The smallest absolute Gasteiger partial charge is 0.326 e. The number of anilines is 1. The zero-order valence-electron chi connectivity index (χ0n) is 13.5. The normalized spacial score (nSPS) is 12.7. The Morgan fingerprint density at radius 1 is 1.12 bits per heavy atom. The average Bonchev–Trinajstić information content (AvgIpc) is 3.08. The minimum absolute atomic E-state index is 0.0715. The topological polar surface area (TPSA) is 82.1 Å². The number of hydrogen-bond donors (Lipinski definition) is 0. The number of ether oxygens (including phenoxy) is 3. The molecule has 0 aliphatic carbocycles. The quantitative estimate of drug-likeness (QED) is 0.732. The molecule has 0 atom stereocenters. The van der Waals surface area contributed by atoms with E-state index >= 15 is 0 Å². The summed E-state index contributed by atoms with van der Waals surface area (Å²) in [5, 5.41) is 0. The molecule has 25 heavy (non-hydrogen) atoms. The Kier molecular flexibility index (Phi) is 4.80. The van der Waals surface area contributed by atoms with E-state index in [9.17, 15) is 13.2 Å². The lowest BCUT2D eigenvalue weighted by atomic mass is 10.3. The molecule has 7 nitrogen and oxygen atoms in total. The van der Waals surface area contributed by atoms with Crippen LogP contribution >= 0.6 is 0 Å². The first-order valence-electron chi connectivity index (χ1n) is 7.65. The summed E-state index contributed by atoms with van der Waals surface area (Å²) in [6.07, 6.45) is 0. The van der Waals surface area contributed by atoms with E-state index in [2.05, 4.69) is 0 Å². The average molecular weight is 363 g/mol. The Morgan fingerprint density at radius 3 is 2.56 bits per heavy atom. The van der Waals surface area contributed by atoms with Gasteiger partial charge in [-0.15, -0.1) is 0 Å². The minimum Gasteiger partial charge on any atom is -0.465 e. The van der Waals surface area contributed by atoms with Gasteiger partial charge in [0.05, 0.1) is 17.2 Å². The molecule has 0 aromatic heterocycles. The number of fused-ring (bicyclic) bond motifs is 1. The van der Waals surface area contributed by atoms with Crippen molar-refractivity contribution >= 4 is 21.7 Å². The highest BCUT2D eigenvalue weighted by atomic mass is 32.2. The number of carbonyl (C=O) groups excluding carboxylic acids is 1. The van der Waals surface area contributed by atoms with Gasteiger partial charge in [-0.3, -0.25) is 9.10 Å². The van der Waals surface area contributed by atoms with E-state index in [0.717, 1.165) is 4.31 Å². The van der Waals surface area contributed by atoms with Gasteiger partial charge in [-0.2, -0.15) is 0 Å². The molecule has 0 fully saturated rings. The van der Waals surface area contributed by atoms with Crippen LogP contribution in [0.25, 0.3) is 0 Å². The van der Waals surface area contributed by atoms with Crippen LogP contribution in [0.4, 0.5) is 5.69 Å². The van der Waals surface area contributed by atoms with Crippen molar-refractivity contribution in [3.63, 3.8) is 0 Å². The molecule has 3 rings (SSSR count). The highest BCUT2D eigenvalue weighted by Gasteiger charge is 2.29. The molecule has 0 amide bonds. The second-order valence-electron chi connectivity index (χ2n) is 5.17. The zero-order chi connectivity index (χ0) is 17.9. The van der Waals surface area contributed by atoms with Crippen molar-refractivity contribution in [1.82, 2.24) is 0 Å². The molecule has 8 heteroatoms. The van der Waals surface area contributed by atoms with Gasteiger partial charge in [-0.1, -0.05) is 18.2 Å². The number of nitrogens with zero attached hydrogens (tertiary/aromatic N) is 1. The summed E-state index contributed by atoms with van der Waals surface area (Å²) in [6.45, 7) is 1.46. The van der Waals surface area contributed by atoms with Gasteiger partial charge in [0.1, 0.15) is 6.54 Å². The van der Waals surface area contributed by atoms with Crippen LogP contribution in [0.2, 0.25) is 0 Å². The molecule has 1 aliphatic heterocycles. The Bertz CT molecular complexity index is 866. The SMILES string of the molecule is CCOC(=O)CN(c1ccc2c(c1)OCO2)S(=O)(=O)c1ccccc1. The summed E-state index contributed by atoms with van der Waals surface area (Å²) < 4.78 is 42.5. The van der Waals surface area contributed by atoms with Crippen LogP contribution in [0.15, 0.2) is 53.4 Å². The molecular formula is C17H17NO6S. The largest absolute Gasteiger partial charge is 0.465 e. The predicted molar refractivity (Wildman–Crippen MR) is 90.2 cm³/mol. The molecule has 1 heterocycles. The fourth-order valence-electron chi connectivity index (χ4n) is 2.40. The first-order chi connectivity index (χ1) is 12.0. The number of carbonyl (C=O) groups is 1. The number of sulfonamides is 1. The van der Waals surface area contributed by atoms with Crippen molar-refractivity contribution in [1.29, 1.82) is 0 Å². The maximum Gasteiger partial charge on any atom is 0.326 e. The first kappa shape index (κ1) is 17.1. The summed E-state index contributed by atoms with van der Waals surface area (Å²) in [5.41, 5.74) is 0.293. The fraction of sp³-hybridized carbons (Fsp3) is 0.235. The van der Waals surface area contributed by atoms with E-state index in [1.165, 1.54) is 18.2 Å². The minimum atomic E-state index is -3.95. The number of hydrogen-bond acceptors (Lipinski definition) is 6. The molecule has 0 N–H and O–H groups in total. The van der Waals surface area contributed by atoms with Gasteiger partial charge >= 0.3 is 5.97 Å². The molecule has 0 saturated heterocycles. The maximum atomic E-state index is 13.0. The molecule has 0 saturated carbocycles. The van der Waals surface area contributed by atoms with E-state index in [4.69, 9.17) is 14.2 Å². The van der Waals surface area contributed by atoms with Crippen LogP contribution in [-0.4, -0.2) is 34.3 Å². The van der Waals surface area contributed by atoms with E-state index < -0.39 is 22.5 Å². The van der Waals surface area contributed by atoms with Crippen molar-refractivity contribution in [3.05, 3.63) is 48.5 Å². The molecule has 0 radical (unpaired) electrons. The molecular weight excluding hydrogens is 346 g/mol. The summed E-state index contributed by atoms with van der Waals surface area (Å²) in [6, 6.07) is 12.6. The third-order valence-corrected chi connectivity index (χ3v) is 5.34. The zero-order valence-corrected chi connectivity index (χ0v) is 14.4. The summed E-state index contributed by atoms with van der Waals surface area (Å²) in [5.74, 6) is 0.311. The van der Waals surface area contributed by atoms with Crippen LogP contribution < -0.4 is 13.8 Å². The van der Waals surface area contributed by atoms with Gasteiger partial charge in [0.2, 0.25) is 6.79 Å². The van der Waals surface area contributed by atoms with Crippen LogP contribution in [-0.2, 0) is 19.6 Å². The van der Waals surface area contributed by atoms with Crippen molar-refractivity contribution in [3.8, 4) is 11.5 Å². The van der Waals surface area contributed by atoms with Crippen molar-refractivity contribution in [2.45, 2.75) is 11.8 Å². The molecule has 132 valence electrons. The summed E-state index contributed by atoms with van der Waals surface area (Å²) in [4.78, 5) is 12.0. The third-order valence-electron chi connectivity index (χ3n) is 3.55. The van der Waals surface area contributed by atoms with Gasteiger partial charge in [0.15, 0.2) is 11.5 Å². The number of benzene rings is 2. The first-order valence-corrected chi connectivity index (χ1v) is 9.09. The standard InChI is InChI=1S/C17H17NO6S/c1-2-22-17(19)11-18(25(20,21)14-6-4-3-5-7-14)13-8-9-15-16(10-13)24-12-23-15/h3-10H,2,11-12H2,1H3. The van der Waals surface area contributed by atoms with Crippen molar-refractivity contribution in [2.75, 3.05) is 24.2 Å². The number of rotatable bonds is 6. The van der Waals surface area contributed by atoms with Crippen molar-refractivity contribution < 1.29 is 27.4 Å². The Labute approximate surface area is 145 Å². The van der Waals surface area contributed by atoms with Gasteiger partial charge in [-0.05, 0) is 31.2 Å². The molecule has 1 aliphatic rings. The second kappa shape index (κ2) is 7.02. The lowest BCUT2D eigenvalue weighted by molar-refractivity contribution is -0.141. The molecule has 2 aromatic rings. The lowest BCUT2D eigenvalue weighted by Crippen LogP contribution is -2.36. The molecule has 2 aromatic carbocycles. The fourth-order valence-corrected chi connectivity index (χ4v) is 3.82. The molecule has 0 unspecified atom stereocenters. The van der Waals surface area contributed by atoms with E-state index in [1.807, 2.05) is 0 Å². The molecule has 0 spiro atoms. The van der Waals surface area contributed by atoms with Gasteiger partial charge in [-0.25, -0.2) is 8.42 Å². The Balaban J connectivity index is 2.02. The second-order valence-corrected chi connectivity index (χ2v) is 7.03. The van der Waals surface area contributed by atoms with E-state index in [-0.39, 0.29) is 18.3 Å². The Hall–Kier alpha value is -2.74. The van der Waals surface area contributed by atoms with Crippen LogP contribution in [0.5, 0.6) is 11.5 Å². The van der Waals surface area contributed by atoms with Gasteiger partial charge < -0.3 is 14.2 Å². The van der Waals surface area contributed by atoms with Crippen LogP contribution in [0.3, 0.4) is 0 Å². The van der Waals surface area contributed by atoms with Gasteiger partial charge in [0.25, 0.3) is 10.0 Å². The van der Waals surface area contributed by atoms with Crippen LogP contribution in [0.1, 0.15) is 6.92 Å². The van der Waals surface area contributed by atoms with E-state index in [0.29, 0.717) is 17.2 Å². The summed E-state index contributed by atoms with van der Waals surface area (Å²) in [7, 11) is -3.95. The van der Waals surface area contributed by atoms with Crippen LogP contribution in [0, 0.1) is 0 Å². The summed E-state index contributed by atoms with van der Waals surface area (Å²) >= 11 is 0. The Morgan fingerprint density at radius 2 is 1.84 bits per heavy atom. The monoisotopic (exact) mass is 363 g/mol. The van der Waals surface area contributed by atoms with E-state index in [1.54, 1.807) is 37.3 Å². The number of esters is 1. The lowest BCUT2D eigenvalue weighted by Gasteiger charge is -2.23.